The average molecular weight is 644 g/mol. The molecule has 3 aromatic carbocycles. The minimum absolute atomic E-state index is 0.204. The summed E-state index contributed by atoms with van der Waals surface area (Å²) in [7, 11) is 1.54. The van der Waals surface area contributed by atoms with Crippen molar-refractivity contribution >= 4 is 69.1 Å². The van der Waals surface area contributed by atoms with E-state index in [4.69, 9.17) is 14.6 Å². The van der Waals surface area contributed by atoms with Gasteiger partial charge in [-0.25, -0.2) is 4.79 Å². The van der Waals surface area contributed by atoms with E-state index in [2.05, 4.69) is 27.9 Å². The highest BCUT2D eigenvalue weighted by Gasteiger charge is 2.36. The molecule has 1 aliphatic rings. The van der Waals surface area contributed by atoms with Gasteiger partial charge in [-0.15, -0.1) is 0 Å². The molecule has 11 heteroatoms. The molecule has 1 saturated heterocycles. The number of methoxy groups -OCH3 is 1. The molecule has 3 amide bonds. The Hall–Kier alpha value is -3.84. The number of imide groups is 1. The molecule has 4 rings (SSSR count). The van der Waals surface area contributed by atoms with Gasteiger partial charge in [0.15, 0.2) is 0 Å². The molecule has 0 atom stereocenters. The van der Waals surface area contributed by atoms with Gasteiger partial charge in [-0.3, -0.25) is 19.3 Å². The first-order valence-corrected chi connectivity index (χ1v) is 13.1. The van der Waals surface area contributed by atoms with E-state index in [-0.39, 0.29) is 17.1 Å². The van der Waals surface area contributed by atoms with E-state index in [1.54, 1.807) is 54.6 Å². The largest absolute Gasteiger partial charge is 0.497 e. The Labute approximate surface area is 235 Å². The molecule has 1 heterocycles. The number of ether oxygens (including phenoxy) is 2. The van der Waals surface area contributed by atoms with Crippen molar-refractivity contribution in [2.45, 2.75) is 6.61 Å². The molecule has 0 radical (unpaired) electrons. The number of nitrogens with zero attached hydrogens (tertiary/aromatic N) is 1. The van der Waals surface area contributed by atoms with Crippen LogP contribution in [0.1, 0.15) is 21.5 Å². The Morgan fingerprint density at radius 2 is 1.76 bits per heavy atom. The average Bonchev–Trinajstić information content (AvgIpc) is 3.16. The van der Waals surface area contributed by atoms with Crippen LogP contribution in [0.2, 0.25) is 0 Å². The second-order valence-corrected chi connectivity index (χ2v) is 10.2. The maximum Gasteiger partial charge on any atom is 0.335 e. The highest BCUT2D eigenvalue weighted by molar-refractivity contribution is 14.1. The van der Waals surface area contributed by atoms with Crippen molar-refractivity contribution in [1.29, 1.82) is 0 Å². The summed E-state index contributed by atoms with van der Waals surface area (Å²) in [5.41, 5.74) is 2.24. The molecule has 0 aromatic heterocycles. The molecular formula is C27H21IN2O7S. The van der Waals surface area contributed by atoms with Crippen molar-refractivity contribution in [2.24, 2.45) is 0 Å². The summed E-state index contributed by atoms with van der Waals surface area (Å²) in [6.07, 6.45) is 1.60. The normalized spacial score (nSPS) is 14.1. The topological polar surface area (TPSA) is 122 Å². The first-order valence-electron chi connectivity index (χ1n) is 11.2. The zero-order valence-electron chi connectivity index (χ0n) is 20.0. The summed E-state index contributed by atoms with van der Waals surface area (Å²) in [6, 6.07) is 18.5. The van der Waals surface area contributed by atoms with E-state index >= 15 is 0 Å². The number of carbonyl (C=O) groups is 4. The maximum absolute atomic E-state index is 12.8. The predicted molar refractivity (Wildman–Crippen MR) is 151 cm³/mol. The number of anilines is 1. The fraction of sp³-hybridized carbons (Fsp3) is 0.111. The van der Waals surface area contributed by atoms with Crippen LogP contribution in [0.15, 0.2) is 71.6 Å². The van der Waals surface area contributed by atoms with Crippen LogP contribution >= 0.6 is 34.4 Å². The number of rotatable bonds is 9. The van der Waals surface area contributed by atoms with Crippen LogP contribution < -0.4 is 14.8 Å². The lowest BCUT2D eigenvalue weighted by Gasteiger charge is -2.12. The molecule has 194 valence electrons. The second kappa shape index (κ2) is 12.1. The van der Waals surface area contributed by atoms with E-state index in [0.717, 1.165) is 25.8 Å². The molecule has 0 bridgehead atoms. The number of carbonyl (C=O) groups excluding carboxylic acids is 3. The lowest BCUT2D eigenvalue weighted by Crippen LogP contribution is -2.36. The molecule has 0 spiro atoms. The Kier molecular flexibility index (Phi) is 8.69. The summed E-state index contributed by atoms with van der Waals surface area (Å²) in [6.45, 7) is -0.140. The van der Waals surface area contributed by atoms with Crippen LogP contribution in [-0.4, -0.2) is 46.7 Å². The number of carboxylic acid groups (broad SMARTS) is 1. The van der Waals surface area contributed by atoms with Gasteiger partial charge in [-0.2, -0.15) is 0 Å². The van der Waals surface area contributed by atoms with Crippen LogP contribution in [0.3, 0.4) is 0 Å². The first kappa shape index (κ1) is 27.2. The number of aromatic carboxylic acids is 1. The van der Waals surface area contributed by atoms with Crippen molar-refractivity contribution in [3.63, 3.8) is 0 Å². The van der Waals surface area contributed by atoms with Crippen LogP contribution in [0.5, 0.6) is 11.5 Å². The Morgan fingerprint density at radius 3 is 2.39 bits per heavy atom. The van der Waals surface area contributed by atoms with Crippen LogP contribution in [-0.2, 0) is 16.2 Å². The lowest BCUT2D eigenvalue weighted by atomic mass is 10.1. The number of thioether (sulfide) groups is 1. The van der Waals surface area contributed by atoms with Gasteiger partial charge in [0.25, 0.3) is 11.1 Å². The fourth-order valence-electron chi connectivity index (χ4n) is 3.43. The highest BCUT2D eigenvalue weighted by Crippen LogP contribution is 2.33. The minimum Gasteiger partial charge on any atom is -0.497 e. The Balaban J connectivity index is 1.37. The van der Waals surface area contributed by atoms with Crippen LogP contribution in [0.4, 0.5) is 10.5 Å². The smallest absolute Gasteiger partial charge is 0.335 e. The van der Waals surface area contributed by atoms with E-state index in [1.165, 1.54) is 19.2 Å². The fourth-order valence-corrected chi connectivity index (χ4v) is 4.97. The summed E-state index contributed by atoms with van der Waals surface area (Å²) in [5.74, 6) is -0.761. The van der Waals surface area contributed by atoms with Gasteiger partial charge in [0.2, 0.25) is 5.91 Å². The molecule has 1 aliphatic heterocycles. The maximum atomic E-state index is 12.8. The van der Waals surface area contributed by atoms with Gasteiger partial charge in [0.1, 0.15) is 24.7 Å². The van der Waals surface area contributed by atoms with Gasteiger partial charge in [0.05, 0.1) is 21.1 Å². The molecule has 3 aromatic rings. The number of hydrogen-bond acceptors (Lipinski definition) is 7. The third-order valence-corrected chi connectivity index (χ3v) is 7.15. The Morgan fingerprint density at radius 1 is 1.05 bits per heavy atom. The number of hydrogen-bond donors (Lipinski definition) is 2. The number of nitrogens with one attached hydrogen (secondary N) is 1. The van der Waals surface area contributed by atoms with Gasteiger partial charge < -0.3 is 19.9 Å². The molecule has 2 N–H and O–H groups in total. The molecule has 38 heavy (non-hydrogen) atoms. The van der Waals surface area contributed by atoms with Gasteiger partial charge in [-0.05, 0) is 100 Å². The highest BCUT2D eigenvalue weighted by atomic mass is 127. The lowest BCUT2D eigenvalue weighted by molar-refractivity contribution is -0.127. The summed E-state index contributed by atoms with van der Waals surface area (Å²) in [4.78, 5) is 49.8. The van der Waals surface area contributed by atoms with Gasteiger partial charge >= 0.3 is 5.97 Å². The first-order chi connectivity index (χ1) is 18.2. The standard InChI is InChI=1S/C27H21IN2O7S/c1-36-20-9-7-19(8-10-20)29-24(31)14-30-25(32)23(38-27(30)35)13-17-4-11-22(21(28)12-17)37-15-16-2-5-18(6-3-16)26(33)34/h2-13H,14-15H2,1H3,(H,29,31)(H,33,34)/b23-13+. The van der Waals surface area contributed by atoms with Crippen molar-refractivity contribution in [1.82, 2.24) is 4.90 Å². The monoisotopic (exact) mass is 644 g/mol. The number of amides is 3. The summed E-state index contributed by atoms with van der Waals surface area (Å²) >= 11 is 2.89. The Bertz CT molecular complexity index is 1420. The van der Waals surface area contributed by atoms with E-state index in [1.807, 2.05) is 6.07 Å². The summed E-state index contributed by atoms with van der Waals surface area (Å²) in [5, 5.41) is 11.1. The molecular weight excluding hydrogens is 623 g/mol. The quantitative estimate of drug-likeness (QED) is 0.239. The zero-order chi connectivity index (χ0) is 27.2. The third-order valence-electron chi connectivity index (χ3n) is 5.40. The molecule has 0 unspecified atom stereocenters. The van der Waals surface area contributed by atoms with Crippen molar-refractivity contribution < 1.29 is 33.8 Å². The van der Waals surface area contributed by atoms with E-state index in [0.29, 0.717) is 22.7 Å². The van der Waals surface area contributed by atoms with Crippen LogP contribution in [0, 0.1) is 3.57 Å². The minimum atomic E-state index is -0.989. The van der Waals surface area contributed by atoms with Gasteiger partial charge in [0, 0.05) is 5.69 Å². The molecule has 0 saturated carbocycles. The van der Waals surface area contributed by atoms with Crippen molar-refractivity contribution in [2.75, 3.05) is 19.0 Å². The molecule has 1 fully saturated rings. The van der Waals surface area contributed by atoms with Crippen molar-refractivity contribution in [3.05, 3.63) is 91.9 Å². The van der Waals surface area contributed by atoms with E-state index in [9.17, 15) is 19.2 Å². The zero-order valence-corrected chi connectivity index (χ0v) is 22.9. The molecule has 0 aliphatic carbocycles. The predicted octanol–water partition coefficient (Wildman–Crippen LogP) is 5.25. The SMILES string of the molecule is COc1ccc(NC(=O)CN2C(=O)S/C(=C/c3ccc(OCc4ccc(C(=O)O)cc4)c(I)c3)C2=O)cc1. The van der Waals surface area contributed by atoms with E-state index < -0.39 is 29.6 Å². The van der Waals surface area contributed by atoms with Gasteiger partial charge in [-0.1, -0.05) is 18.2 Å². The second-order valence-electron chi connectivity index (χ2n) is 8.03. The number of carboxylic acids is 1. The third kappa shape index (κ3) is 6.72. The van der Waals surface area contributed by atoms with Crippen molar-refractivity contribution in [3.8, 4) is 11.5 Å². The van der Waals surface area contributed by atoms with Crippen LogP contribution in [0.25, 0.3) is 6.08 Å². The number of halogens is 1. The summed E-state index contributed by atoms with van der Waals surface area (Å²) < 4.78 is 11.7. The number of benzene rings is 3. The molecule has 9 nitrogen and oxygen atoms in total.